The summed E-state index contributed by atoms with van der Waals surface area (Å²) in [6.07, 6.45) is 5.59. The first-order valence-corrected chi connectivity index (χ1v) is 6.42. The first-order valence-electron chi connectivity index (χ1n) is 4.80. The number of carbonyl (C=O) groups is 1. The van der Waals surface area contributed by atoms with Gasteiger partial charge >= 0.3 is 5.97 Å². The number of rotatable bonds is 4. The van der Waals surface area contributed by atoms with E-state index in [0.717, 1.165) is 0 Å². The van der Waals surface area contributed by atoms with Gasteiger partial charge in [-0.05, 0) is 52.8 Å². The van der Waals surface area contributed by atoms with Crippen LogP contribution in [-0.2, 0) is 16.0 Å². The number of hydrogen-bond acceptors (Lipinski definition) is 3. The van der Waals surface area contributed by atoms with Crippen LogP contribution in [0.4, 0.5) is 0 Å². The van der Waals surface area contributed by atoms with Crippen molar-refractivity contribution in [3.8, 4) is 18.1 Å². The molecule has 1 aromatic carbocycles. The van der Waals surface area contributed by atoms with Gasteiger partial charge in [-0.3, -0.25) is 4.79 Å². The molecule has 0 spiro atoms. The van der Waals surface area contributed by atoms with Crippen LogP contribution in [0.1, 0.15) is 12.0 Å². The summed E-state index contributed by atoms with van der Waals surface area (Å²) in [6, 6.07) is 4.69. The number of benzene rings is 1. The molecule has 1 rings (SSSR count). The SMILES string of the molecule is C#CC(I)OC(=O)CCc1cc(Cl)ccc1O. The molecule has 0 saturated heterocycles. The number of terminal acetylenes is 1. The second kappa shape index (κ2) is 6.72. The first kappa shape index (κ1) is 14.1. The van der Waals surface area contributed by atoms with Gasteiger partial charge in [0.05, 0.1) is 0 Å². The molecule has 0 bridgehead atoms. The standard InChI is InChI=1S/C12H10ClIO3/c1-2-11(14)17-12(16)6-3-8-7-9(13)4-5-10(8)15/h1,4-5,7,11,15H,3,6H2. The van der Waals surface area contributed by atoms with Crippen LogP contribution in [0.5, 0.6) is 5.75 Å². The molecule has 0 radical (unpaired) electrons. The third kappa shape index (κ3) is 4.84. The Morgan fingerprint density at radius 1 is 1.65 bits per heavy atom. The van der Waals surface area contributed by atoms with E-state index in [0.29, 0.717) is 17.0 Å². The third-order valence-corrected chi connectivity index (χ3v) is 2.85. The number of ether oxygens (including phenoxy) is 1. The lowest BCUT2D eigenvalue weighted by atomic mass is 10.1. The summed E-state index contributed by atoms with van der Waals surface area (Å²) >= 11 is 7.62. The van der Waals surface area contributed by atoms with Crippen molar-refractivity contribution in [3.63, 3.8) is 0 Å². The summed E-state index contributed by atoms with van der Waals surface area (Å²) in [7, 11) is 0. The lowest BCUT2D eigenvalue weighted by molar-refractivity contribution is -0.142. The van der Waals surface area contributed by atoms with Gasteiger partial charge in [0.15, 0.2) is 0 Å². The topological polar surface area (TPSA) is 46.5 Å². The van der Waals surface area contributed by atoms with Crippen molar-refractivity contribution in [2.24, 2.45) is 0 Å². The predicted octanol–water partition coefficient (Wildman–Crippen LogP) is 2.92. The van der Waals surface area contributed by atoms with Crippen molar-refractivity contribution < 1.29 is 14.6 Å². The maximum atomic E-state index is 11.3. The molecule has 1 aromatic rings. The summed E-state index contributed by atoms with van der Waals surface area (Å²) in [5, 5.41) is 10.0. The Morgan fingerprint density at radius 3 is 3.00 bits per heavy atom. The van der Waals surface area contributed by atoms with E-state index in [4.69, 9.17) is 22.8 Å². The third-order valence-electron chi connectivity index (χ3n) is 2.01. The van der Waals surface area contributed by atoms with Crippen molar-refractivity contribution in [3.05, 3.63) is 28.8 Å². The van der Waals surface area contributed by atoms with Crippen LogP contribution in [0, 0.1) is 12.3 Å². The van der Waals surface area contributed by atoms with Gasteiger partial charge in [0.25, 0.3) is 0 Å². The molecule has 0 saturated carbocycles. The molecule has 0 heterocycles. The van der Waals surface area contributed by atoms with Gasteiger partial charge in [-0.15, -0.1) is 6.42 Å². The highest BCUT2D eigenvalue weighted by Crippen LogP contribution is 2.22. The molecule has 1 N–H and O–H groups in total. The highest BCUT2D eigenvalue weighted by Gasteiger charge is 2.10. The minimum absolute atomic E-state index is 0.116. The molecule has 0 aromatic heterocycles. The highest BCUT2D eigenvalue weighted by atomic mass is 127. The van der Waals surface area contributed by atoms with Gasteiger partial charge < -0.3 is 9.84 Å². The van der Waals surface area contributed by atoms with Crippen LogP contribution in [0.25, 0.3) is 0 Å². The van der Waals surface area contributed by atoms with Crippen molar-refractivity contribution >= 4 is 40.2 Å². The fourth-order valence-corrected chi connectivity index (χ4v) is 1.68. The summed E-state index contributed by atoms with van der Waals surface area (Å²) in [4.78, 5) is 11.3. The van der Waals surface area contributed by atoms with Gasteiger partial charge in [0.1, 0.15) is 5.75 Å². The molecule has 0 aliphatic heterocycles. The molecule has 1 atom stereocenters. The number of alkyl halides is 1. The van der Waals surface area contributed by atoms with Crippen LogP contribution < -0.4 is 0 Å². The minimum atomic E-state index is -0.562. The Labute approximate surface area is 118 Å². The van der Waals surface area contributed by atoms with E-state index in [1.54, 1.807) is 12.1 Å². The summed E-state index contributed by atoms with van der Waals surface area (Å²) in [5.41, 5.74) is 0.611. The van der Waals surface area contributed by atoms with E-state index in [-0.39, 0.29) is 12.2 Å². The maximum absolute atomic E-state index is 11.3. The Morgan fingerprint density at radius 2 is 2.35 bits per heavy atom. The number of esters is 1. The van der Waals surface area contributed by atoms with Crippen molar-refractivity contribution in [2.45, 2.75) is 17.0 Å². The lowest BCUT2D eigenvalue weighted by Crippen LogP contribution is -2.11. The highest BCUT2D eigenvalue weighted by molar-refractivity contribution is 14.1. The van der Waals surface area contributed by atoms with Crippen LogP contribution in [0.2, 0.25) is 5.02 Å². The number of halogens is 2. The van der Waals surface area contributed by atoms with Gasteiger partial charge in [-0.1, -0.05) is 17.5 Å². The molecule has 0 aliphatic rings. The number of hydrogen-bond donors (Lipinski definition) is 1. The Bertz CT molecular complexity index is 454. The molecular weight excluding hydrogens is 354 g/mol. The molecule has 1 unspecified atom stereocenters. The molecule has 0 aliphatic carbocycles. The molecular formula is C12H10ClIO3. The normalized spacial score (nSPS) is 11.6. The average Bonchev–Trinajstić information content (AvgIpc) is 2.30. The quantitative estimate of drug-likeness (QED) is 0.387. The zero-order chi connectivity index (χ0) is 12.8. The second-order valence-electron chi connectivity index (χ2n) is 3.25. The monoisotopic (exact) mass is 364 g/mol. The first-order chi connectivity index (χ1) is 8.02. The van der Waals surface area contributed by atoms with Gasteiger partial charge in [-0.25, -0.2) is 0 Å². The van der Waals surface area contributed by atoms with E-state index in [1.807, 2.05) is 22.6 Å². The van der Waals surface area contributed by atoms with Crippen LogP contribution in [0.3, 0.4) is 0 Å². The smallest absolute Gasteiger partial charge is 0.308 e. The molecule has 3 nitrogen and oxygen atoms in total. The van der Waals surface area contributed by atoms with E-state index in [9.17, 15) is 9.90 Å². The van der Waals surface area contributed by atoms with E-state index in [2.05, 4.69) is 5.92 Å². The summed E-state index contributed by atoms with van der Waals surface area (Å²) in [5.74, 6) is 2.00. The van der Waals surface area contributed by atoms with Crippen molar-refractivity contribution in [1.82, 2.24) is 0 Å². The predicted molar refractivity (Wildman–Crippen MR) is 74.2 cm³/mol. The van der Waals surface area contributed by atoms with Crippen LogP contribution in [0.15, 0.2) is 18.2 Å². The van der Waals surface area contributed by atoms with Gasteiger partial charge in [-0.2, -0.15) is 0 Å². The van der Waals surface area contributed by atoms with E-state index in [1.165, 1.54) is 6.07 Å². The average molecular weight is 365 g/mol. The van der Waals surface area contributed by atoms with E-state index >= 15 is 0 Å². The number of aromatic hydroxyl groups is 1. The lowest BCUT2D eigenvalue weighted by Gasteiger charge is -2.07. The van der Waals surface area contributed by atoms with Crippen LogP contribution in [-0.4, -0.2) is 15.2 Å². The fraction of sp³-hybridized carbons (Fsp3) is 0.250. The van der Waals surface area contributed by atoms with Gasteiger partial charge in [0, 0.05) is 11.4 Å². The summed E-state index contributed by atoms with van der Waals surface area (Å²) in [6.45, 7) is 0. The van der Waals surface area contributed by atoms with Gasteiger partial charge in [0.2, 0.25) is 4.11 Å². The Balaban J connectivity index is 2.53. The Kier molecular flexibility index (Phi) is 5.59. The van der Waals surface area contributed by atoms with Crippen molar-refractivity contribution in [1.29, 1.82) is 0 Å². The zero-order valence-electron chi connectivity index (χ0n) is 8.82. The number of phenolic OH excluding ortho intramolecular Hbond substituents is 1. The number of phenols is 1. The van der Waals surface area contributed by atoms with Crippen LogP contribution >= 0.6 is 34.2 Å². The van der Waals surface area contributed by atoms with E-state index < -0.39 is 10.1 Å². The number of carbonyl (C=O) groups excluding carboxylic acids is 1. The minimum Gasteiger partial charge on any atom is -0.508 e. The maximum Gasteiger partial charge on any atom is 0.308 e. The largest absolute Gasteiger partial charge is 0.508 e. The molecule has 17 heavy (non-hydrogen) atoms. The molecule has 0 fully saturated rings. The molecule has 90 valence electrons. The second-order valence-corrected chi connectivity index (χ2v) is 4.81. The van der Waals surface area contributed by atoms with Crippen molar-refractivity contribution in [2.75, 3.05) is 0 Å². The zero-order valence-corrected chi connectivity index (χ0v) is 11.7. The number of aryl methyl sites for hydroxylation is 1. The Hall–Kier alpha value is -0.930. The fourth-order valence-electron chi connectivity index (χ4n) is 1.20. The summed E-state index contributed by atoms with van der Waals surface area (Å²) < 4.78 is 4.33. The molecule has 5 heteroatoms. The molecule has 0 amide bonds.